The van der Waals surface area contributed by atoms with E-state index in [2.05, 4.69) is 15.3 Å². The number of nitrogens with zero attached hydrogens (tertiary/aromatic N) is 3. The lowest BCUT2D eigenvalue weighted by Crippen LogP contribution is -2.41. The molecule has 2 heterocycles. The summed E-state index contributed by atoms with van der Waals surface area (Å²) >= 11 is 0. The number of aromatic nitrogens is 3. The van der Waals surface area contributed by atoms with Crippen LogP contribution in [0, 0.1) is 5.41 Å². The maximum atomic E-state index is 12.6. The number of carbonyl (C=O) groups excluding carboxylic acids is 1. The molecule has 6 nitrogen and oxygen atoms in total. The summed E-state index contributed by atoms with van der Waals surface area (Å²) < 4.78 is 1.88. The van der Waals surface area contributed by atoms with E-state index >= 15 is 0 Å². The van der Waals surface area contributed by atoms with Crippen molar-refractivity contribution in [1.82, 2.24) is 14.4 Å². The van der Waals surface area contributed by atoms with E-state index in [1.807, 2.05) is 61.0 Å². The molecule has 1 amide bonds. The SMILES string of the molecule is CCC(CC)(CN)C(=O)Nc1ccc(-c2cn3cccnc3n2)cc1.Cl.Cl. The second-order valence-corrected chi connectivity index (χ2v) is 6.18. The average Bonchev–Trinajstić information content (AvgIpc) is 3.08. The summed E-state index contributed by atoms with van der Waals surface area (Å²) in [6, 6.07) is 9.52. The van der Waals surface area contributed by atoms with Crippen LogP contribution in [0.25, 0.3) is 17.0 Å². The van der Waals surface area contributed by atoms with Gasteiger partial charge < -0.3 is 11.1 Å². The smallest absolute Gasteiger partial charge is 0.234 e. The fourth-order valence-corrected chi connectivity index (χ4v) is 2.91. The highest BCUT2D eigenvalue weighted by atomic mass is 35.5. The standard InChI is InChI=1S/C19H23N5O.2ClH/c1-3-19(4-2,13-20)17(25)22-15-8-6-14(7-9-15)16-12-24-11-5-10-21-18(24)23-16;;/h5-12H,3-4,13,20H2,1-2H3,(H,22,25);2*1H. The van der Waals surface area contributed by atoms with Crippen molar-refractivity contribution in [3.05, 3.63) is 48.9 Å². The van der Waals surface area contributed by atoms with Crippen molar-refractivity contribution in [1.29, 1.82) is 0 Å². The fraction of sp³-hybridized carbons (Fsp3) is 0.316. The third-order valence-electron chi connectivity index (χ3n) is 4.90. The molecule has 0 atom stereocenters. The molecule has 0 spiro atoms. The monoisotopic (exact) mass is 409 g/mol. The van der Waals surface area contributed by atoms with Crippen LogP contribution in [0.15, 0.2) is 48.9 Å². The number of carbonyl (C=O) groups is 1. The Labute approximate surface area is 171 Å². The maximum Gasteiger partial charge on any atom is 0.234 e. The van der Waals surface area contributed by atoms with Gasteiger partial charge in [0, 0.05) is 36.4 Å². The predicted octanol–water partition coefficient (Wildman–Crippen LogP) is 3.94. The van der Waals surface area contributed by atoms with Crippen LogP contribution in [0.4, 0.5) is 5.69 Å². The first-order chi connectivity index (χ1) is 12.1. The predicted molar refractivity (Wildman–Crippen MR) is 114 cm³/mol. The molecular formula is C19H25Cl2N5O. The molecule has 0 aliphatic heterocycles. The molecule has 0 aliphatic carbocycles. The molecule has 146 valence electrons. The summed E-state index contributed by atoms with van der Waals surface area (Å²) in [5, 5.41) is 2.98. The van der Waals surface area contributed by atoms with Crippen LogP contribution in [0.2, 0.25) is 0 Å². The lowest BCUT2D eigenvalue weighted by molar-refractivity contribution is -0.125. The first-order valence-electron chi connectivity index (χ1n) is 8.53. The van der Waals surface area contributed by atoms with E-state index in [-0.39, 0.29) is 30.7 Å². The van der Waals surface area contributed by atoms with Crippen molar-refractivity contribution in [2.24, 2.45) is 11.1 Å². The second-order valence-electron chi connectivity index (χ2n) is 6.18. The summed E-state index contributed by atoms with van der Waals surface area (Å²) in [5.41, 5.74) is 7.91. The van der Waals surface area contributed by atoms with Gasteiger partial charge in [0.05, 0.1) is 11.1 Å². The van der Waals surface area contributed by atoms with Crippen LogP contribution >= 0.6 is 24.8 Å². The molecule has 0 fully saturated rings. The molecule has 2 aromatic heterocycles. The van der Waals surface area contributed by atoms with Gasteiger partial charge in [0.1, 0.15) is 0 Å². The summed E-state index contributed by atoms with van der Waals surface area (Å²) in [5.74, 6) is 0.637. The van der Waals surface area contributed by atoms with Crippen LogP contribution in [0.5, 0.6) is 0 Å². The maximum absolute atomic E-state index is 12.6. The van der Waals surface area contributed by atoms with Crippen molar-refractivity contribution < 1.29 is 4.79 Å². The van der Waals surface area contributed by atoms with Gasteiger partial charge in [-0.25, -0.2) is 9.97 Å². The van der Waals surface area contributed by atoms with Gasteiger partial charge in [-0.2, -0.15) is 0 Å². The van der Waals surface area contributed by atoms with Crippen LogP contribution in [-0.4, -0.2) is 26.8 Å². The number of hydrogen-bond acceptors (Lipinski definition) is 4. The quantitative estimate of drug-likeness (QED) is 0.645. The molecule has 3 rings (SSSR count). The van der Waals surface area contributed by atoms with Crippen LogP contribution in [0.1, 0.15) is 26.7 Å². The van der Waals surface area contributed by atoms with Gasteiger partial charge in [-0.05, 0) is 31.0 Å². The third kappa shape index (κ3) is 4.58. The molecule has 0 bridgehead atoms. The topological polar surface area (TPSA) is 85.3 Å². The van der Waals surface area contributed by atoms with Gasteiger partial charge in [0.2, 0.25) is 11.7 Å². The van der Waals surface area contributed by atoms with Crippen molar-refractivity contribution >= 4 is 42.2 Å². The molecule has 3 N–H and O–H groups in total. The summed E-state index contributed by atoms with van der Waals surface area (Å²) in [4.78, 5) is 21.3. The number of fused-ring (bicyclic) bond motifs is 1. The first kappa shape index (κ1) is 22.9. The molecule has 0 saturated carbocycles. The molecule has 0 aliphatic rings. The Morgan fingerprint density at radius 2 is 1.85 bits per heavy atom. The Bertz CT molecular complexity index is 834. The van der Waals surface area contributed by atoms with Gasteiger partial charge in [0.15, 0.2) is 0 Å². The molecule has 0 radical (unpaired) electrons. The highest BCUT2D eigenvalue weighted by Gasteiger charge is 2.33. The minimum Gasteiger partial charge on any atom is -0.329 e. The number of hydrogen-bond donors (Lipinski definition) is 2. The number of nitrogens with two attached hydrogens (primary N) is 1. The van der Waals surface area contributed by atoms with E-state index in [0.29, 0.717) is 12.3 Å². The normalized spacial score (nSPS) is 10.8. The highest BCUT2D eigenvalue weighted by Crippen LogP contribution is 2.27. The van der Waals surface area contributed by atoms with Gasteiger partial charge >= 0.3 is 0 Å². The van der Waals surface area contributed by atoms with E-state index in [4.69, 9.17) is 5.73 Å². The van der Waals surface area contributed by atoms with Crippen LogP contribution in [-0.2, 0) is 4.79 Å². The van der Waals surface area contributed by atoms with Crippen molar-refractivity contribution in [2.45, 2.75) is 26.7 Å². The van der Waals surface area contributed by atoms with Crippen molar-refractivity contribution in [3.8, 4) is 11.3 Å². The lowest BCUT2D eigenvalue weighted by atomic mass is 9.81. The van der Waals surface area contributed by atoms with Gasteiger partial charge in [0.25, 0.3) is 0 Å². The number of halogens is 2. The Morgan fingerprint density at radius 3 is 2.41 bits per heavy atom. The third-order valence-corrected chi connectivity index (χ3v) is 4.90. The largest absolute Gasteiger partial charge is 0.329 e. The molecule has 1 aromatic carbocycles. The molecule has 0 saturated heterocycles. The molecular weight excluding hydrogens is 385 g/mol. The van der Waals surface area contributed by atoms with E-state index in [9.17, 15) is 4.79 Å². The summed E-state index contributed by atoms with van der Waals surface area (Å²) in [6.45, 7) is 4.34. The molecule has 0 unspecified atom stereocenters. The number of anilines is 1. The van der Waals surface area contributed by atoms with Crippen molar-refractivity contribution in [3.63, 3.8) is 0 Å². The zero-order valence-corrected chi connectivity index (χ0v) is 17.0. The van der Waals surface area contributed by atoms with E-state index < -0.39 is 5.41 Å². The van der Waals surface area contributed by atoms with Crippen molar-refractivity contribution in [2.75, 3.05) is 11.9 Å². The number of benzene rings is 1. The zero-order valence-electron chi connectivity index (χ0n) is 15.4. The van der Waals surface area contributed by atoms with E-state index in [1.54, 1.807) is 6.20 Å². The first-order valence-corrected chi connectivity index (χ1v) is 8.53. The molecule has 27 heavy (non-hydrogen) atoms. The fourth-order valence-electron chi connectivity index (χ4n) is 2.91. The van der Waals surface area contributed by atoms with E-state index in [0.717, 1.165) is 29.8 Å². The van der Waals surface area contributed by atoms with E-state index in [1.165, 1.54) is 0 Å². The number of nitrogens with one attached hydrogen (secondary N) is 1. The van der Waals surface area contributed by atoms with Gasteiger partial charge in [-0.3, -0.25) is 9.20 Å². The van der Waals surface area contributed by atoms with Crippen LogP contribution in [0.3, 0.4) is 0 Å². The second kappa shape index (κ2) is 9.69. The summed E-state index contributed by atoms with van der Waals surface area (Å²) in [7, 11) is 0. The summed E-state index contributed by atoms with van der Waals surface area (Å²) in [6.07, 6.45) is 7.01. The minimum absolute atomic E-state index is 0. The number of rotatable bonds is 6. The average molecular weight is 410 g/mol. The Hall–Kier alpha value is -2.15. The Balaban J connectivity index is 0.00000182. The molecule has 3 aromatic rings. The highest BCUT2D eigenvalue weighted by molar-refractivity contribution is 5.95. The Morgan fingerprint density at radius 1 is 1.19 bits per heavy atom. The lowest BCUT2D eigenvalue weighted by Gasteiger charge is -2.28. The van der Waals surface area contributed by atoms with Gasteiger partial charge in [-0.1, -0.05) is 26.0 Å². The van der Waals surface area contributed by atoms with Crippen LogP contribution < -0.4 is 11.1 Å². The zero-order chi connectivity index (χ0) is 17.9. The van der Waals surface area contributed by atoms with Gasteiger partial charge in [-0.15, -0.1) is 24.8 Å². The minimum atomic E-state index is -0.508. The molecule has 8 heteroatoms. The number of amides is 1. The number of imidazole rings is 1. The Kier molecular flexibility index (Phi) is 8.21.